The molecule has 1 saturated heterocycles. The largest absolute Gasteiger partial charge is 0.497 e. The molecule has 4 rings (SSSR count). The van der Waals surface area contributed by atoms with Gasteiger partial charge in [0.05, 0.1) is 12.8 Å². The van der Waals surface area contributed by atoms with Gasteiger partial charge in [0.1, 0.15) is 18.1 Å². The molecule has 2 atom stereocenters. The Morgan fingerprint density at radius 1 is 1.12 bits per heavy atom. The van der Waals surface area contributed by atoms with E-state index in [4.69, 9.17) is 14.0 Å². The van der Waals surface area contributed by atoms with Crippen LogP contribution in [-0.4, -0.2) is 31.3 Å². The summed E-state index contributed by atoms with van der Waals surface area (Å²) in [5.74, 6) is 3.03. The number of para-hydroxylation sites is 1. The van der Waals surface area contributed by atoms with E-state index in [0.717, 1.165) is 48.7 Å². The second kappa shape index (κ2) is 11.5. The Bertz CT molecular complexity index is 1000. The summed E-state index contributed by atoms with van der Waals surface area (Å²) in [5, 5.41) is 10.7. The van der Waals surface area contributed by atoms with E-state index in [1.54, 1.807) is 7.11 Å². The molecule has 0 saturated carbocycles. The minimum atomic E-state index is 0.0832. The quantitative estimate of drug-likeness (QED) is 0.491. The van der Waals surface area contributed by atoms with Gasteiger partial charge in [-0.2, -0.15) is 0 Å². The average molecular weight is 450 g/mol. The van der Waals surface area contributed by atoms with Crippen LogP contribution in [0.2, 0.25) is 0 Å². The molecule has 1 fully saturated rings. The minimum absolute atomic E-state index is 0.0832. The van der Waals surface area contributed by atoms with Crippen molar-refractivity contribution in [2.24, 2.45) is 11.8 Å². The third-order valence-electron chi connectivity index (χ3n) is 6.06. The third-order valence-corrected chi connectivity index (χ3v) is 6.06. The number of aromatic nitrogens is 1. The highest BCUT2D eigenvalue weighted by atomic mass is 16.5. The number of methoxy groups -OCH3 is 1. The zero-order valence-electron chi connectivity index (χ0n) is 19.0. The molecule has 2 unspecified atom stereocenters. The van der Waals surface area contributed by atoms with E-state index in [-0.39, 0.29) is 5.91 Å². The van der Waals surface area contributed by atoms with Gasteiger partial charge in [-0.05, 0) is 67.6 Å². The summed E-state index contributed by atoms with van der Waals surface area (Å²) in [6, 6.07) is 19.3. The van der Waals surface area contributed by atoms with E-state index < -0.39 is 0 Å². The lowest BCUT2D eigenvalue weighted by molar-refractivity contribution is -0.122. The lowest BCUT2D eigenvalue weighted by atomic mass is 9.81. The summed E-state index contributed by atoms with van der Waals surface area (Å²) in [6.45, 7) is 2.67. The maximum Gasteiger partial charge on any atom is 0.220 e. The molecule has 1 aliphatic heterocycles. The molecule has 1 amide bonds. The van der Waals surface area contributed by atoms with Crippen LogP contribution < -0.4 is 20.1 Å². The number of benzene rings is 2. The van der Waals surface area contributed by atoms with Crippen LogP contribution in [0.25, 0.3) is 0 Å². The topological polar surface area (TPSA) is 85.6 Å². The molecule has 2 N–H and O–H groups in total. The lowest BCUT2D eigenvalue weighted by Gasteiger charge is -2.31. The second-order valence-corrected chi connectivity index (χ2v) is 8.43. The molecule has 7 nitrogen and oxygen atoms in total. The molecule has 3 aromatic rings. The first kappa shape index (κ1) is 22.9. The Morgan fingerprint density at radius 2 is 1.94 bits per heavy atom. The van der Waals surface area contributed by atoms with Crippen molar-refractivity contribution in [1.29, 1.82) is 0 Å². The first-order chi connectivity index (χ1) is 16.2. The van der Waals surface area contributed by atoms with Gasteiger partial charge >= 0.3 is 0 Å². The van der Waals surface area contributed by atoms with E-state index >= 15 is 0 Å². The van der Waals surface area contributed by atoms with Crippen LogP contribution in [0.4, 0.5) is 0 Å². The fourth-order valence-electron chi connectivity index (χ4n) is 4.20. The molecular weight excluding hydrogens is 418 g/mol. The van der Waals surface area contributed by atoms with Crippen molar-refractivity contribution in [2.75, 3.05) is 20.2 Å². The smallest absolute Gasteiger partial charge is 0.220 e. The first-order valence-corrected chi connectivity index (χ1v) is 11.4. The lowest BCUT2D eigenvalue weighted by Crippen LogP contribution is -2.40. The van der Waals surface area contributed by atoms with Crippen molar-refractivity contribution in [1.82, 2.24) is 15.8 Å². The van der Waals surface area contributed by atoms with Crippen LogP contribution in [-0.2, 0) is 24.4 Å². The number of carbonyl (C=O) groups excluding carboxylic acids is 1. The summed E-state index contributed by atoms with van der Waals surface area (Å²) >= 11 is 0. The number of ether oxygens (including phenoxy) is 2. The number of hydrogen-bond acceptors (Lipinski definition) is 6. The summed E-state index contributed by atoms with van der Waals surface area (Å²) in [6.07, 6.45) is 2.27. The SMILES string of the molecule is COc1ccc(CNC(=O)CC2CCNCC2Cc2cc(COc3ccccc3)on2)cc1. The molecule has 2 aromatic carbocycles. The Labute approximate surface area is 194 Å². The Morgan fingerprint density at radius 3 is 2.73 bits per heavy atom. The van der Waals surface area contributed by atoms with Gasteiger partial charge < -0.3 is 24.6 Å². The Kier molecular flexibility index (Phi) is 7.98. The molecule has 0 spiro atoms. The molecule has 0 radical (unpaired) electrons. The van der Waals surface area contributed by atoms with Crippen LogP contribution in [0, 0.1) is 11.8 Å². The summed E-state index contributed by atoms with van der Waals surface area (Å²) in [5.41, 5.74) is 1.96. The second-order valence-electron chi connectivity index (χ2n) is 8.43. The number of carbonyl (C=O) groups is 1. The molecule has 1 aromatic heterocycles. The van der Waals surface area contributed by atoms with E-state index in [2.05, 4.69) is 15.8 Å². The Balaban J connectivity index is 1.26. The monoisotopic (exact) mass is 449 g/mol. The maximum atomic E-state index is 12.6. The highest BCUT2D eigenvalue weighted by Gasteiger charge is 2.28. The minimum Gasteiger partial charge on any atom is -0.497 e. The summed E-state index contributed by atoms with van der Waals surface area (Å²) in [7, 11) is 1.64. The summed E-state index contributed by atoms with van der Waals surface area (Å²) in [4.78, 5) is 12.6. The maximum absolute atomic E-state index is 12.6. The number of piperidine rings is 1. The fourth-order valence-corrected chi connectivity index (χ4v) is 4.20. The van der Waals surface area contributed by atoms with Gasteiger partial charge in [0, 0.05) is 19.0 Å². The molecule has 1 aliphatic rings. The molecule has 0 bridgehead atoms. The van der Waals surface area contributed by atoms with Crippen LogP contribution in [0.3, 0.4) is 0 Å². The number of amides is 1. The molecular formula is C26H31N3O4. The number of hydrogen-bond donors (Lipinski definition) is 2. The molecule has 7 heteroatoms. The molecule has 33 heavy (non-hydrogen) atoms. The molecule has 2 heterocycles. The predicted molar refractivity (Wildman–Crippen MR) is 125 cm³/mol. The van der Waals surface area contributed by atoms with Crippen LogP contribution in [0.5, 0.6) is 11.5 Å². The van der Waals surface area contributed by atoms with Crippen molar-refractivity contribution in [3.05, 3.63) is 77.7 Å². The zero-order chi connectivity index (χ0) is 22.9. The van der Waals surface area contributed by atoms with Crippen molar-refractivity contribution in [3.8, 4) is 11.5 Å². The number of rotatable bonds is 10. The summed E-state index contributed by atoms with van der Waals surface area (Å²) < 4.78 is 16.4. The van der Waals surface area contributed by atoms with Gasteiger partial charge in [-0.25, -0.2) is 0 Å². The first-order valence-electron chi connectivity index (χ1n) is 11.4. The van der Waals surface area contributed by atoms with Gasteiger partial charge in [-0.15, -0.1) is 0 Å². The fraction of sp³-hybridized carbons (Fsp3) is 0.385. The average Bonchev–Trinajstić information content (AvgIpc) is 3.31. The van der Waals surface area contributed by atoms with Crippen molar-refractivity contribution >= 4 is 5.91 Å². The van der Waals surface area contributed by atoms with Crippen molar-refractivity contribution in [2.45, 2.75) is 32.4 Å². The van der Waals surface area contributed by atoms with E-state index in [1.165, 1.54) is 0 Å². The predicted octanol–water partition coefficient (Wildman–Crippen LogP) is 3.74. The number of nitrogens with one attached hydrogen (secondary N) is 2. The highest BCUT2D eigenvalue weighted by Crippen LogP contribution is 2.26. The highest BCUT2D eigenvalue weighted by molar-refractivity contribution is 5.76. The molecule has 0 aliphatic carbocycles. The van der Waals surface area contributed by atoms with Gasteiger partial charge in [0.15, 0.2) is 5.76 Å². The zero-order valence-corrected chi connectivity index (χ0v) is 19.0. The van der Waals surface area contributed by atoms with E-state index in [1.807, 2.05) is 60.7 Å². The Hall–Kier alpha value is -3.32. The number of nitrogens with zero attached hydrogens (tertiary/aromatic N) is 1. The van der Waals surface area contributed by atoms with Crippen LogP contribution in [0.15, 0.2) is 65.2 Å². The van der Waals surface area contributed by atoms with Crippen LogP contribution in [0.1, 0.15) is 29.9 Å². The van der Waals surface area contributed by atoms with Crippen molar-refractivity contribution in [3.63, 3.8) is 0 Å². The third kappa shape index (κ3) is 6.83. The van der Waals surface area contributed by atoms with Gasteiger partial charge in [-0.1, -0.05) is 35.5 Å². The van der Waals surface area contributed by atoms with Crippen molar-refractivity contribution < 1.29 is 18.8 Å². The van der Waals surface area contributed by atoms with E-state index in [9.17, 15) is 4.79 Å². The van der Waals surface area contributed by atoms with Gasteiger partial charge in [0.25, 0.3) is 0 Å². The van der Waals surface area contributed by atoms with E-state index in [0.29, 0.717) is 37.2 Å². The normalized spacial score (nSPS) is 18.0. The standard InChI is InChI=1S/C26H31N3O4/c1-31-23-9-7-19(8-10-23)16-28-26(30)14-20-11-12-27-17-21(20)13-22-15-25(33-29-22)18-32-24-5-3-2-4-6-24/h2-10,15,20-21,27H,11-14,16-18H2,1H3,(H,28,30). The van der Waals surface area contributed by atoms with Gasteiger partial charge in [0.2, 0.25) is 5.91 Å². The molecule has 174 valence electrons. The van der Waals surface area contributed by atoms with Crippen LogP contribution >= 0.6 is 0 Å². The van der Waals surface area contributed by atoms with Gasteiger partial charge in [-0.3, -0.25) is 4.79 Å².